The molecule has 0 aliphatic carbocycles. The maximum atomic E-state index is 11.3. The van der Waals surface area contributed by atoms with Crippen molar-refractivity contribution >= 4 is 138 Å². The number of imidazole rings is 3. The van der Waals surface area contributed by atoms with Gasteiger partial charge in [0.2, 0.25) is 0 Å². The van der Waals surface area contributed by atoms with Crippen LogP contribution in [0.4, 0.5) is 0 Å². The van der Waals surface area contributed by atoms with Crippen LogP contribution < -0.4 is 29.1 Å². The number of likely N-dealkylation sites (N-methyl/N-ethyl adjacent to an activating group) is 3. The summed E-state index contributed by atoms with van der Waals surface area (Å²) in [7, 11) is 14.7. The molecule has 3 aromatic rings. The third-order valence-corrected chi connectivity index (χ3v) is 9.49. The van der Waals surface area contributed by atoms with Gasteiger partial charge < -0.3 is 73.0 Å². The molecule has 0 aliphatic heterocycles. The predicted octanol–water partition coefficient (Wildman–Crippen LogP) is 5.09. The van der Waals surface area contributed by atoms with E-state index in [9.17, 15) is 24.6 Å². The number of carboxylic acids is 3. The van der Waals surface area contributed by atoms with Gasteiger partial charge in [-0.1, -0.05) is 79.9 Å². The molecule has 24 heteroatoms. The number of aromatic amines is 4. The molecule has 60 heavy (non-hydrogen) atoms. The first-order chi connectivity index (χ1) is 25.2. The average molecular weight is 1510 g/mol. The number of carboxylic acid groups (broad SMARTS) is 3. The Morgan fingerprint density at radius 3 is 1.43 bits per heavy atom. The molecule has 3 aromatic heterocycles. The van der Waals surface area contributed by atoms with Crippen LogP contribution in [0.2, 0.25) is 0 Å². The second kappa shape index (κ2) is 31.9. The number of rotatable bonds is 14. The number of carbonyl (C=O) groups is 3. The number of aromatic nitrogens is 6. The minimum absolute atomic E-state index is 0. The van der Waals surface area contributed by atoms with E-state index in [1.165, 1.54) is 0 Å². The Balaban J connectivity index is -0.000000172. The molecule has 0 saturated heterocycles. The zero-order valence-corrected chi connectivity index (χ0v) is 50.2. The Kier molecular flexibility index (Phi) is 37.3. The number of aliphatic carboxylic acids is 3. The third-order valence-electron chi connectivity index (χ3n) is 7.24. The van der Waals surface area contributed by atoms with E-state index in [0.717, 1.165) is 27.4 Å². The Morgan fingerprint density at radius 1 is 0.800 bits per heavy atom. The summed E-state index contributed by atoms with van der Waals surface area (Å²) < 4.78 is 1.37. The van der Waals surface area contributed by atoms with Crippen LogP contribution in [0.3, 0.4) is 0 Å². The van der Waals surface area contributed by atoms with Crippen molar-refractivity contribution in [3.63, 3.8) is 0 Å². The van der Waals surface area contributed by atoms with E-state index in [-0.39, 0.29) is 78.6 Å². The molecular weight excluding hydrogens is 1440 g/mol. The Labute approximate surface area is 445 Å². The molecule has 3 atom stereocenters. The van der Waals surface area contributed by atoms with Gasteiger partial charge in [-0.25, -0.2) is 14.8 Å². The Hall–Kier alpha value is 1.07. The van der Waals surface area contributed by atoms with Gasteiger partial charge in [-0.3, -0.25) is 9.69 Å². The van der Waals surface area contributed by atoms with Crippen molar-refractivity contribution in [3.8, 4) is 0 Å². The molecule has 0 spiro atoms. The second-order valence-electron chi connectivity index (χ2n) is 16.7. The first-order valence-corrected chi connectivity index (χ1v) is 32.7. The quantitative estimate of drug-likeness (QED) is 0.0541. The van der Waals surface area contributed by atoms with Crippen molar-refractivity contribution in [1.82, 2.24) is 34.8 Å². The van der Waals surface area contributed by atoms with E-state index in [4.69, 9.17) is 17.3 Å². The van der Waals surface area contributed by atoms with Crippen LogP contribution in [0.5, 0.6) is 0 Å². The molecule has 0 unspecified atom stereocenters. The van der Waals surface area contributed by atoms with Crippen LogP contribution in [0.25, 0.3) is 0 Å². The third kappa shape index (κ3) is 32.7. The van der Waals surface area contributed by atoms with Gasteiger partial charge in [0.15, 0.2) is 21.1 Å². The molecule has 0 aromatic carbocycles. The van der Waals surface area contributed by atoms with Gasteiger partial charge in [0.1, 0.15) is 12.1 Å². The number of nitrogens with one attached hydrogen (secondary N) is 4. The zero-order chi connectivity index (χ0) is 44.0. The van der Waals surface area contributed by atoms with Gasteiger partial charge >= 0.3 is 76.8 Å². The number of hydrogen-bond acceptors (Lipinski definition) is 10. The first kappa shape index (κ1) is 70.1. The summed E-state index contributed by atoms with van der Waals surface area (Å²) in [6.45, 7) is 12.7. The number of carbonyl (C=O) groups excluding carboxylic acids is 1. The molecule has 15 nitrogen and oxygen atoms in total. The number of hydrogen-bond donors (Lipinski definition) is 6. The molecule has 0 saturated carbocycles. The van der Waals surface area contributed by atoms with Crippen molar-refractivity contribution in [2.75, 3.05) is 56.4 Å². The zero-order valence-electron chi connectivity index (χ0n) is 35.4. The standard InChI is InChI=1S/C13H23N3O2S.C12H21N3O2S.C9H15N3O2S.2CH4.5HI.V.H2/c1-13(2,3)19-12-14-8-9(15-12)7-10(11(17)18)16(4,5)6;1-12(2,3)18-11-13-7-8(14-11)6-9(10(16)17)15(4)5;1-12(2,3)7(8(13)14)4-6-5-10-9(15)11-6;;;;;;;;;/h8,10H,7H2,1-6H3,(H-,14,15,17,18);7,9H,6H2,1-5H3,(H,13,14)(H,16,17);5,7H,4H2,1-3H3,(H2-,10,11,13,14,15);2*1H4;5*1H;;1H/q;;;;;;;;;;+3;/p-3/t10-;9-;7-;;;;;;;;;/m000........./s1. The van der Waals surface area contributed by atoms with E-state index in [2.05, 4.69) is 131 Å². The first-order valence-electron chi connectivity index (χ1n) is 17.2. The van der Waals surface area contributed by atoms with Crippen LogP contribution in [0, 0.1) is 4.77 Å². The number of quaternary nitrogens is 2. The van der Waals surface area contributed by atoms with Gasteiger partial charge in [-0.05, 0) is 26.3 Å². The molecule has 0 radical (unpaired) electrons. The van der Waals surface area contributed by atoms with Gasteiger partial charge in [-0.15, -0.1) is 24.0 Å². The minimum atomic E-state index is -1.05. The summed E-state index contributed by atoms with van der Waals surface area (Å²) >= 11 is 15.5. The van der Waals surface area contributed by atoms with E-state index >= 15 is 0 Å². The summed E-state index contributed by atoms with van der Waals surface area (Å²) in [5.41, 5.74) is 2.50. The number of halogens is 5. The van der Waals surface area contributed by atoms with Crippen LogP contribution in [-0.2, 0) is 38.6 Å². The van der Waals surface area contributed by atoms with Gasteiger partial charge in [0, 0.05) is 59.4 Å². The van der Waals surface area contributed by atoms with Crippen molar-refractivity contribution in [2.24, 2.45) is 0 Å². The molecule has 0 aliphatic rings. The molecule has 354 valence electrons. The number of nitrogens with zero attached hydrogens (tertiary/aromatic N) is 5. The molecular formula is C36H71I5N9O6S3V. The summed E-state index contributed by atoms with van der Waals surface area (Å²) in [5, 5.41) is 31.1. The topological polar surface area (TPSA) is 207 Å². The molecule has 0 amide bonds. The summed E-state index contributed by atoms with van der Waals surface area (Å²) in [6.07, 6.45) is 6.40. The number of thioether (sulfide) groups is 2. The molecule has 6 N–H and O–H groups in total. The molecule has 3 rings (SSSR count). The number of H-pyrrole nitrogens is 4. The summed E-state index contributed by atoms with van der Waals surface area (Å²) in [5.74, 6) is -2.66. The van der Waals surface area contributed by atoms with Crippen molar-refractivity contribution in [1.29, 1.82) is 0 Å². The van der Waals surface area contributed by atoms with E-state index in [1.54, 1.807) is 61.1 Å². The SMILES string of the molecule is C.C.CC(C)(C)Sc1ncc(C[C@@H](C(=O)O)[N+](C)(C)C)[nH]1.CN(C)[C@@H](Cc1cnc(SC(C)(C)C)[nH]1)C(=O)O.C[N+](C)(C)[C@@H](Cc1c[nH]c(=S)[nH]1)C(=O)[O-].I.[HH].[I-].[I][V]([I])[I]. The maximum absolute atomic E-state index is 11.3. The van der Waals surface area contributed by atoms with Gasteiger partial charge in [0.25, 0.3) is 0 Å². The second-order valence-corrected chi connectivity index (χ2v) is 56.1. The van der Waals surface area contributed by atoms with Crippen molar-refractivity contribution in [3.05, 3.63) is 40.4 Å². The van der Waals surface area contributed by atoms with Gasteiger partial charge in [-0.2, -0.15) is 0 Å². The summed E-state index contributed by atoms with van der Waals surface area (Å²) in [6, 6.07) is -1.60. The normalized spacial score (nSPS) is 12.8. The fraction of sp³-hybridized carbons (Fsp3) is 0.667. The van der Waals surface area contributed by atoms with E-state index in [0.29, 0.717) is 33.0 Å². The van der Waals surface area contributed by atoms with Crippen LogP contribution in [0.1, 0.15) is 74.9 Å². The van der Waals surface area contributed by atoms with Crippen LogP contribution in [-0.4, -0.2) is 156 Å². The van der Waals surface area contributed by atoms with Crippen LogP contribution >= 0.6 is 120 Å². The summed E-state index contributed by atoms with van der Waals surface area (Å²) in [4.78, 5) is 55.5. The van der Waals surface area contributed by atoms with E-state index in [1.807, 2.05) is 42.3 Å². The van der Waals surface area contributed by atoms with Crippen molar-refractivity contribution in [2.45, 2.75) is 114 Å². The molecule has 0 bridgehead atoms. The fourth-order valence-corrected chi connectivity index (χ4v) is 6.46. The Morgan fingerprint density at radius 2 is 1.17 bits per heavy atom. The van der Waals surface area contributed by atoms with Gasteiger partial charge in [0.05, 0.1) is 54.7 Å². The fourth-order valence-electron chi connectivity index (χ4n) is 4.53. The van der Waals surface area contributed by atoms with Crippen LogP contribution in [0.15, 0.2) is 28.9 Å². The van der Waals surface area contributed by atoms with Crippen molar-refractivity contribution < 1.29 is 69.0 Å². The Bertz CT molecular complexity index is 1720. The predicted molar refractivity (Wildman–Crippen MR) is 280 cm³/mol. The molecule has 3 heterocycles. The van der Waals surface area contributed by atoms with E-state index < -0.39 is 36.0 Å². The molecule has 0 fully saturated rings. The monoisotopic (exact) mass is 1510 g/mol. The average Bonchev–Trinajstić information content (AvgIpc) is 3.71.